The monoisotopic (exact) mass is 498 g/mol. The fourth-order valence-electron chi connectivity index (χ4n) is 3.56. The van der Waals surface area contributed by atoms with E-state index in [-0.39, 0.29) is 11.1 Å². The summed E-state index contributed by atoms with van der Waals surface area (Å²) in [4.78, 5) is 20.8. The highest BCUT2D eigenvalue weighted by molar-refractivity contribution is 6.29. The van der Waals surface area contributed by atoms with E-state index in [4.69, 9.17) is 11.6 Å². The van der Waals surface area contributed by atoms with Crippen molar-refractivity contribution in [3.05, 3.63) is 82.9 Å². The van der Waals surface area contributed by atoms with Gasteiger partial charge in [-0.25, -0.2) is 9.37 Å². The van der Waals surface area contributed by atoms with Gasteiger partial charge in [-0.15, -0.1) is 13.2 Å². The second kappa shape index (κ2) is 11.5. The number of carbonyl (C=O) groups excluding carboxylic acids is 1. The maximum atomic E-state index is 14.1. The molecule has 182 valence electrons. The molecule has 2 N–H and O–H groups in total. The smallest absolute Gasteiger partial charge is 0.358 e. The number of nitrogens with zero attached hydrogens (tertiary/aromatic N) is 2. The van der Waals surface area contributed by atoms with Crippen LogP contribution >= 0.6 is 11.6 Å². The number of hydrogen-bond donors (Lipinski definition) is 2. The fourth-order valence-corrected chi connectivity index (χ4v) is 3.65. The molecule has 2 aromatic rings. The molecule has 6 nitrogen and oxygen atoms in total. The number of halogens is 5. The maximum Gasteiger partial charge on any atom is 0.523 e. The van der Waals surface area contributed by atoms with Gasteiger partial charge >= 0.3 is 6.36 Å². The van der Waals surface area contributed by atoms with Crippen LogP contribution in [-0.4, -0.2) is 47.6 Å². The van der Waals surface area contributed by atoms with Crippen molar-refractivity contribution in [2.24, 2.45) is 0 Å². The summed E-state index contributed by atoms with van der Waals surface area (Å²) >= 11 is 5.78. The highest BCUT2D eigenvalue weighted by atomic mass is 35.5. The van der Waals surface area contributed by atoms with E-state index in [1.807, 2.05) is 0 Å². The van der Waals surface area contributed by atoms with Crippen LogP contribution < -0.4 is 10.6 Å². The van der Waals surface area contributed by atoms with Crippen LogP contribution in [0.4, 0.5) is 17.6 Å². The van der Waals surface area contributed by atoms with Gasteiger partial charge < -0.3 is 5.32 Å². The minimum atomic E-state index is -5.00. The Balaban J connectivity index is 1.90. The Morgan fingerprint density at radius 3 is 2.56 bits per heavy atom. The lowest BCUT2D eigenvalue weighted by molar-refractivity contribution is -0.340. The van der Waals surface area contributed by atoms with Crippen LogP contribution in [0.3, 0.4) is 0 Å². The molecule has 0 bridgehead atoms. The number of nitrogens with one attached hydrogen (secondary N) is 2. The maximum absolute atomic E-state index is 14.1. The highest BCUT2D eigenvalue weighted by Gasteiger charge is 2.37. The van der Waals surface area contributed by atoms with E-state index in [2.05, 4.69) is 25.3 Å². The van der Waals surface area contributed by atoms with Crippen LogP contribution in [0.15, 0.2) is 66.5 Å². The topological polar surface area (TPSA) is 76.1 Å². The summed E-state index contributed by atoms with van der Waals surface area (Å²) in [7, 11) is 1.49. The molecule has 2 unspecified atom stereocenters. The zero-order chi connectivity index (χ0) is 24.7. The standard InChI is InChI=1S/C23H23ClF4N4O2/c1-29-22(33)21(14-5-3-2-4-6-14)32-18(10-8-16-12-31-20(24)13-30-16)15-7-9-17(25)19(11-15)34-23(26,27)28/h2-7,9,11-13,17-19,21,32H,8,10H2,1H3,(H,29,33)/t17?,18-,19?,21+/m0/s1. The second-order valence-electron chi connectivity index (χ2n) is 7.54. The van der Waals surface area contributed by atoms with Crippen LogP contribution in [0.2, 0.25) is 5.15 Å². The van der Waals surface area contributed by atoms with Crippen LogP contribution in [0.5, 0.6) is 0 Å². The van der Waals surface area contributed by atoms with Crippen molar-refractivity contribution in [2.45, 2.75) is 43.6 Å². The minimum absolute atomic E-state index is 0.223. The second-order valence-corrected chi connectivity index (χ2v) is 7.93. The molecule has 0 radical (unpaired) electrons. The zero-order valence-electron chi connectivity index (χ0n) is 18.1. The van der Waals surface area contributed by atoms with Crippen LogP contribution in [0, 0.1) is 0 Å². The number of alkyl halides is 4. The van der Waals surface area contributed by atoms with E-state index in [1.54, 1.807) is 30.3 Å². The predicted molar refractivity (Wildman–Crippen MR) is 119 cm³/mol. The molecule has 1 aliphatic rings. The Hall–Kier alpha value is -2.82. The lowest BCUT2D eigenvalue weighted by atomic mass is 9.92. The summed E-state index contributed by atoms with van der Waals surface area (Å²) in [5, 5.41) is 6.02. The molecule has 0 saturated carbocycles. The van der Waals surface area contributed by atoms with Crippen LogP contribution in [0.25, 0.3) is 0 Å². The van der Waals surface area contributed by atoms with Crippen molar-refractivity contribution in [1.82, 2.24) is 20.6 Å². The normalized spacial score (nSPS) is 19.9. The van der Waals surface area contributed by atoms with E-state index in [0.29, 0.717) is 29.7 Å². The van der Waals surface area contributed by atoms with Crippen molar-refractivity contribution >= 4 is 17.5 Å². The number of amides is 1. The molecule has 0 saturated heterocycles. The molecule has 1 aromatic heterocycles. The molecule has 1 aliphatic carbocycles. The first-order valence-corrected chi connectivity index (χ1v) is 10.8. The number of rotatable bonds is 9. The van der Waals surface area contributed by atoms with E-state index >= 15 is 0 Å². The number of carbonyl (C=O) groups is 1. The number of hydrogen-bond acceptors (Lipinski definition) is 5. The van der Waals surface area contributed by atoms with Gasteiger partial charge in [-0.1, -0.05) is 48.0 Å². The lowest BCUT2D eigenvalue weighted by Gasteiger charge is -2.29. The molecule has 1 amide bonds. The Labute approximate surface area is 199 Å². The van der Waals surface area contributed by atoms with Gasteiger partial charge in [0.15, 0.2) is 0 Å². The highest BCUT2D eigenvalue weighted by Crippen LogP contribution is 2.28. The lowest BCUT2D eigenvalue weighted by Crippen LogP contribution is -2.43. The first-order chi connectivity index (χ1) is 16.2. The summed E-state index contributed by atoms with van der Waals surface area (Å²) in [6.45, 7) is 0. The summed E-state index contributed by atoms with van der Waals surface area (Å²) in [6, 6.07) is 7.40. The van der Waals surface area contributed by atoms with Crippen LogP contribution in [0.1, 0.15) is 23.7 Å². The molecular weight excluding hydrogens is 476 g/mol. The van der Waals surface area contributed by atoms with Gasteiger partial charge in [-0.2, -0.15) is 0 Å². The minimum Gasteiger partial charge on any atom is -0.358 e. The summed E-state index contributed by atoms with van der Waals surface area (Å²) in [6.07, 6.45) is -1.73. The van der Waals surface area contributed by atoms with Crippen LogP contribution in [-0.2, 0) is 16.0 Å². The van der Waals surface area contributed by atoms with Gasteiger partial charge in [0.1, 0.15) is 23.5 Å². The quantitative estimate of drug-likeness (QED) is 0.506. The first kappa shape index (κ1) is 25.8. The molecule has 1 heterocycles. The molecule has 11 heteroatoms. The van der Waals surface area contributed by atoms with Gasteiger partial charge in [0.2, 0.25) is 5.91 Å². The van der Waals surface area contributed by atoms with Crippen molar-refractivity contribution in [3.63, 3.8) is 0 Å². The van der Waals surface area contributed by atoms with E-state index in [9.17, 15) is 22.4 Å². The van der Waals surface area contributed by atoms with Gasteiger partial charge in [0, 0.05) is 13.1 Å². The van der Waals surface area contributed by atoms with Gasteiger partial charge in [0.05, 0.1) is 18.1 Å². The molecule has 4 atom stereocenters. The number of likely N-dealkylation sites (N-methyl/N-ethyl adjacent to an activating group) is 1. The Morgan fingerprint density at radius 1 is 1.21 bits per heavy atom. The van der Waals surface area contributed by atoms with Crippen molar-refractivity contribution in [1.29, 1.82) is 0 Å². The average molecular weight is 499 g/mol. The number of benzene rings is 1. The van der Waals surface area contributed by atoms with Gasteiger partial charge in [0.25, 0.3) is 0 Å². The van der Waals surface area contributed by atoms with E-state index in [0.717, 1.165) is 12.2 Å². The Bertz CT molecular complexity index is 1020. The SMILES string of the molecule is CNC(=O)[C@H](N[C@@H](CCc1cnc(Cl)cn1)C1=CC(OC(F)(F)F)C(F)C=C1)c1ccccc1. The molecule has 0 aliphatic heterocycles. The largest absolute Gasteiger partial charge is 0.523 e. The summed E-state index contributed by atoms with van der Waals surface area (Å²) < 4.78 is 56.5. The molecular formula is C23H23ClF4N4O2. The van der Waals surface area contributed by atoms with Crippen molar-refractivity contribution in [2.75, 3.05) is 7.05 Å². The fraction of sp³-hybridized carbons (Fsp3) is 0.348. The van der Waals surface area contributed by atoms with Gasteiger partial charge in [-0.05, 0) is 36.1 Å². The van der Waals surface area contributed by atoms with Gasteiger partial charge in [-0.3, -0.25) is 19.8 Å². The molecule has 34 heavy (non-hydrogen) atoms. The van der Waals surface area contributed by atoms with Crippen molar-refractivity contribution < 1.29 is 27.1 Å². The third-order valence-electron chi connectivity index (χ3n) is 5.19. The van der Waals surface area contributed by atoms with E-state index < -0.39 is 30.7 Å². The molecule has 1 aromatic carbocycles. The van der Waals surface area contributed by atoms with Crippen molar-refractivity contribution in [3.8, 4) is 0 Å². The zero-order valence-corrected chi connectivity index (χ0v) is 18.9. The molecule has 3 rings (SSSR count). The summed E-state index contributed by atoms with van der Waals surface area (Å²) in [5.41, 5.74) is 1.61. The predicted octanol–water partition coefficient (Wildman–Crippen LogP) is 4.25. The summed E-state index contributed by atoms with van der Waals surface area (Å²) in [5.74, 6) is -0.339. The molecule has 0 fully saturated rings. The van der Waals surface area contributed by atoms with E-state index in [1.165, 1.54) is 25.5 Å². The number of aromatic nitrogens is 2. The number of aryl methyl sites for hydroxylation is 1. The Morgan fingerprint density at radius 2 is 1.94 bits per heavy atom. The number of ether oxygens (including phenoxy) is 1. The Kier molecular flexibility index (Phi) is 8.76. The third kappa shape index (κ3) is 7.34. The average Bonchev–Trinajstić information content (AvgIpc) is 2.81. The first-order valence-electron chi connectivity index (χ1n) is 10.4. The third-order valence-corrected chi connectivity index (χ3v) is 5.38. The molecule has 0 spiro atoms.